The number of rotatable bonds is 5. The van der Waals surface area contributed by atoms with E-state index < -0.39 is 0 Å². The van der Waals surface area contributed by atoms with E-state index in [0.717, 1.165) is 24.3 Å². The number of amides is 1. The highest BCUT2D eigenvalue weighted by Gasteiger charge is 2.36. The zero-order valence-electron chi connectivity index (χ0n) is 12.9. The van der Waals surface area contributed by atoms with Gasteiger partial charge < -0.3 is 10.1 Å². The fourth-order valence-electron chi connectivity index (χ4n) is 2.83. The first-order chi connectivity index (χ1) is 10.7. The summed E-state index contributed by atoms with van der Waals surface area (Å²) < 4.78 is 9.34. The van der Waals surface area contributed by atoms with Crippen molar-refractivity contribution in [3.05, 3.63) is 30.4 Å². The van der Waals surface area contributed by atoms with Crippen LogP contribution in [-0.4, -0.2) is 32.1 Å². The van der Waals surface area contributed by atoms with E-state index in [4.69, 9.17) is 4.74 Å². The average Bonchev–Trinajstić information content (AvgIpc) is 3.19. The number of anilines is 1. The first-order valence-electron chi connectivity index (χ1n) is 7.62. The SMILES string of the molecule is CCCn1cc(NC(=O)[C@@H]2CCO[C@H]2c2ccnn2C)cn1. The number of aromatic nitrogens is 4. The second-order valence-corrected chi connectivity index (χ2v) is 5.55. The number of nitrogens with one attached hydrogen (secondary N) is 1. The molecule has 3 rings (SSSR count). The van der Waals surface area contributed by atoms with Gasteiger partial charge in [0.15, 0.2) is 0 Å². The second kappa shape index (κ2) is 6.31. The molecule has 1 amide bonds. The third kappa shape index (κ3) is 2.89. The molecular weight excluding hydrogens is 282 g/mol. The van der Waals surface area contributed by atoms with Crippen LogP contribution in [0.4, 0.5) is 5.69 Å². The van der Waals surface area contributed by atoms with Crippen LogP contribution >= 0.6 is 0 Å². The quantitative estimate of drug-likeness (QED) is 0.913. The van der Waals surface area contributed by atoms with E-state index in [1.807, 2.05) is 24.0 Å². The molecule has 118 valence electrons. The molecule has 1 aliphatic rings. The lowest BCUT2D eigenvalue weighted by Gasteiger charge is -2.17. The van der Waals surface area contributed by atoms with Crippen molar-refractivity contribution in [3.63, 3.8) is 0 Å². The number of carbonyl (C=O) groups excluding carboxylic acids is 1. The molecule has 0 unspecified atom stereocenters. The summed E-state index contributed by atoms with van der Waals surface area (Å²) in [5.74, 6) is -0.232. The van der Waals surface area contributed by atoms with Crippen LogP contribution in [0.3, 0.4) is 0 Å². The van der Waals surface area contributed by atoms with Crippen LogP contribution in [0.5, 0.6) is 0 Å². The maximum Gasteiger partial charge on any atom is 0.230 e. The summed E-state index contributed by atoms with van der Waals surface area (Å²) >= 11 is 0. The molecule has 1 aliphatic heterocycles. The lowest BCUT2D eigenvalue weighted by atomic mass is 9.98. The van der Waals surface area contributed by atoms with Crippen molar-refractivity contribution in [2.75, 3.05) is 11.9 Å². The zero-order valence-corrected chi connectivity index (χ0v) is 12.9. The predicted octanol–water partition coefficient (Wildman–Crippen LogP) is 1.74. The number of ether oxygens (including phenoxy) is 1. The Balaban J connectivity index is 1.69. The van der Waals surface area contributed by atoms with Crippen LogP contribution in [0.2, 0.25) is 0 Å². The molecule has 1 N–H and O–H groups in total. The summed E-state index contributed by atoms with van der Waals surface area (Å²) in [5, 5.41) is 11.3. The van der Waals surface area contributed by atoms with Crippen LogP contribution < -0.4 is 5.32 Å². The van der Waals surface area contributed by atoms with Gasteiger partial charge in [-0.2, -0.15) is 10.2 Å². The lowest BCUT2D eigenvalue weighted by molar-refractivity contribution is -0.121. The van der Waals surface area contributed by atoms with Crippen molar-refractivity contribution in [2.45, 2.75) is 32.4 Å². The van der Waals surface area contributed by atoms with Gasteiger partial charge in [0.2, 0.25) is 5.91 Å². The molecule has 7 nitrogen and oxygen atoms in total. The molecule has 2 aromatic rings. The molecule has 2 aromatic heterocycles. The molecule has 2 atom stereocenters. The predicted molar refractivity (Wildman–Crippen MR) is 81.2 cm³/mol. The van der Waals surface area contributed by atoms with Crippen LogP contribution in [0, 0.1) is 5.92 Å². The minimum absolute atomic E-state index is 0.0280. The Morgan fingerprint density at radius 3 is 3.09 bits per heavy atom. The maximum absolute atomic E-state index is 12.5. The Hall–Kier alpha value is -2.15. The molecule has 0 saturated carbocycles. The smallest absolute Gasteiger partial charge is 0.230 e. The largest absolute Gasteiger partial charge is 0.371 e. The van der Waals surface area contributed by atoms with E-state index in [9.17, 15) is 4.79 Å². The van der Waals surface area contributed by atoms with Crippen LogP contribution in [0.1, 0.15) is 31.6 Å². The fraction of sp³-hybridized carbons (Fsp3) is 0.533. The number of hydrogen-bond donors (Lipinski definition) is 1. The standard InChI is InChI=1S/C15H21N5O2/c1-3-7-20-10-11(9-17-20)18-15(21)12-5-8-22-14(12)13-4-6-16-19(13)2/h4,6,9-10,12,14H,3,5,7-8H2,1-2H3,(H,18,21)/t12-,14-/m1/s1. The van der Waals surface area contributed by atoms with Gasteiger partial charge >= 0.3 is 0 Å². The highest BCUT2D eigenvalue weighted by molar-refractivity contribution is 5.92. The van der Waals surface area contributed by atoms with Crippen molar-refractivity contribution < 1.29 is 9.53 Å². The van der Waals surface area contributed by atoms with E-state index in [2.05, 4.69) is 22.4 Å². The first kappa shape index (κ1) is 14.8. The number of carbonyl (C=O) groups is 1. The van der Waals surface area contributed by atoms with Crippen molar-refractivity contribution in [1.29, 1.82) is 0 Å². The van der Waals surface area contributed by atoms with E-state index in [1.165, 1.54) is 0 Å². The summed E-state index contributed by atoms with van der Waals surface area (Å²) in [6.07, 6.45) is 6.75. The third-order valence-electron chi connectivity index (χ3n) is 3.93. The van der Waals surface area contributed by atoms with Gasteiger partial charge in [-0.1, -0.05) is 6.92 Å². The minimum Gasteiger partial charge on any atom is -0.371 e. The van der Waals surface area contributed by atoms with E-state index in [-0.39, 0.29) is 17.9 Å². The van der Waals surface area contributed by atoms with E-state index in [1.54, 1.807) is 17.1 Å². The van der Waals surface area contributed by atoms with Crippen molar-refractivity contribution in [1.82, 2.24) is 19.6 Å². The Morgan fingerprint density at radius 2 is 2.36 bits per heavy atom. The summed E-state index contributed by atoms with van der Waals surface area (Å²) in [6, 6.07) is 1.90. The average molecular weight is 303 g/mol. The Bertz CT molecular complexity index is 648. The normalized spacial score (nSPS) is 21.2. The van der Waals surface area contributed by atoms with Gasteiger partial charge in [0.05, 0.1) is 23.5 Å². The number of nitrogens with zero attached hydrogens (tertiary/aromatic N) is 4. The molecule has 22 heavy (non-hydrogen) atoms. The molecule has 0 bridgehead atoms. The minimum atomic E-state index is -0.238. The molecular formula is C15H21N5O2. The Labute approximate surface area is 129 Å². The second-order valence-electron chi connectivity index (χ2n) is 5.55. The topological polar surface area (TPSA) is 74.0 Å². The van der Waals surface area contributed by atoms with Crippen LogP contribution in [-0.2, 0) is 23.1 Å². The lowest BCUT2D eigenvalue weighted by Crippen LogP contribution is -2.26. The zero-order chi connectivity index (χ0) is 15.5. The fourth-order valence-corrected chi connectivity index (χ4v) is 2.83. The van der Waals surface area contributed by atoms with Gasteiger partial charge in [-0.3, -0.25) is 14.2 Å². The van der Waals surface area contributed by atoms with Gasteiger partial charge in [-0.25, -0.2) is 0 Å². The van der Waals surface area contributed by atoms with Crippen molar-refractivity contribution >= 4 is 11.6 Å². The number of hydrogen-bond acceptors (Lipinski definition) is 4. The molecule has 0 radical (unpaired) electrons. The van der Waals surface area contributed by atoms with Crippen molar-refractivity contribution in [2.24, 2.45) is 13.0 Å². The summed E-state index contributed by atoms with van der Waals surface area (Å²) in [5.41, 5.74) is 1.66. The van der Waals surface area contributed by atoms with Gasteiger partial charge in [0.1, 0.15) is 6.10 Å². The molecule has 3 heterocycles. The molecule has 1 saturated heterocycles. The Kier molecular flexibility index (Phi) is 4.24. The van der Waals surface area contributed by atoms with Gasteiger partial charge in [0, 0.05) is 32.6 Å². The highest BCUT2D eigenvalue weighted by atomic mass is 16.5. The summed E-state index contributed by atoms with van der Waals surface area (Å²) in [7, 11) is 1.86. The highest BCUT2D eigenvalue weighted by Crippen LogP contribution is 2.34. The van der Waals surface area contributed by atoms with Gasteiger partial charge in [-0.15, -0.1) is 0 Å². The maximum atomic E-state index is 12.5. The number of aryl methyl sites for hydroxylation is 2. The van der Waals surface area contributed by atoms with Crippen LogP contribution in [0.25, 0.3) is 0 Å². The first-order valence-corrected chi connectivity index (χ1v) is 7.62. The molecule has 0 aromatic carbocycles. The van der Waals surface area contributed by atoms with Crippen molar-refractivity contribution in [3.8, 4) is 0 Å². The molecule has 0 spiro atoms. The monoisotopic (exact) mass is 303 g/mol. The summed E-state index contributed by atoms with van der Waals surface area (Å²) in [6.45, 7) is 3.53. The Morgan fingerprint density at radius 1 is 1.50 bits per heavy atom. The van der Waals surface area contributed by atoms with E-state index >= 15 is 0 Å². The third-order valence-corrected chi connectivity index (χ3v) is 3.93. The van der Waals surface area contributed by atoms with Crippen LogP contribution in [0.15, 0.2) is 24.7 Å². The molecule has 0 aliphatic carbocycles. The summed E-state index contributed by atoms with van der Waals surface area (Å²) in [4.78, 5) is 12.5. The van der Waals surface area contributed by atoms with E-state index in [0.29, 0.717) is 13.0 Å². The molecule has 7 heteroatoms. The van der Waals surface area contributed by atoms with Gasteiger partial charge in [0.25, 0.3) is 0 Å². The van der Waals surface area contributed by atoms with Gasteiger partial charge in [-0.05, 0) is 18.9 Å². The molecule has 1 fully saturated rings.